The number of methoxy groups -OCH3 is 1. The highest BCUT2D eigenvalue weighted by molar-refractivity contribution is 5.80. The second-order valence-electron chi connectivity index (χ2n) is 3.19. The van der Waals surface area contributed by atoms with Crippen molar-refractivity contribution in [3.8, 4) is 22.6 Å². The van der Waals surface area contributed by atoms with Gasteiger partial charge in [-0.25, -0.2) is 0 Å². The minimum atomic E-state index is 0.0158. The fourth-order valence-electron chi connectivity index (χ4n) is 1.46. The van der Waals surface area contributed by atoms with E-state index in [1.807, 2.05) is 31.2 Å². The molecule has 15 heavy (non-hydrogen) atoms. The topological polar surface area (TPSA) is 35.5 Å². The lowest BCUT2D eigenvalue weighted by Gasteiger charge is -1.99. The standard InChI is InChI=1S/C12H12O3/c1-3-15-12-10(11(12)13)8-4-6-9(14-2)7-5-8/h4-7H,3H2,1-2H3. The SMILES string of the molecule is CCOc1c(-c2ccc(OC)cc2)c1=O. The summed E-state index contributed by atoms with van der Waals surface area (Å²) in [6.07, 6.45) is 0. The second kappa shape index (κ2) is 3.77. The third-order valence-corrected chi connectivity index (χ3v) is 2.27. The molecule has 0 amide bonds. The van der Waals surface area contributed by atoms with Gasteiger partial charge in [0, 0.05) is 0 Å². The molecule has 0 fully saturated rings. The van der Waals surface area contributed by atoms with E-state index in [1.54, 1.807) is 7.11 Å². The van der Waals surface area contributed by atoms with Crippen LogP contribution in [0.1, 0.15) is 6.92 Å². The Kier molecular flexibility index (Phi) is 2.46. The van der Waals surface area contributed by atoms with Crippen LogP contribution in [0.15, 0.2) is 29.1 Å². The third kappa shape index (κ3) is 1.73. The van der Waals surface area contributed by atoms with E-state index in [2.05, 4.69) is 0 Å². The molecule has 2 rings (SSSR count). The monoisotopic (exact) mass is 204 g/mol. The highest BCUT2D eigenvalue weighted by Crippen LogP contribution is 2.33. The molecule has 0 atom stereocenters. The molecular formula is C12H12O3. The summed E-state index contributed by atoms with van der Waals surface area (Å²) in [6, 6.07) is 7.38. The molecule has 0 saturated heterocycles. The molecule has 0 saturated carbocycles. The lowest BCUT2D eigenvalue weighted by molar-refractivity contribution is 0.349. The summed E-state index contributed by atoms with van der Waals surface area (Å²) in [5, 5.41) is 0. The molecule has 0 aliphatic carbocycles. The van der Waals surface area contributed by atoms with E-state index in [9.17, 15) is 4.79 Å². The van der Waals surface area contributed by atoms with Crippen LogP contribution in [-0.2, 0) is 0 Å². The zero-order valence-electron chi connectivity index (χ0n) is 8.74. The predicted molar refractivity (Wildman–Crippen MR) is 58.2 cm³/mol. The van der Waals surface area contributed by atoms with Crippen molar-refractivity contribution < 1.29 is 9.47 Å². The molecule has 0 bridgehead atoms. The molecule has 0 N–H and O–H groups in total. The lowest BCUT2D eigenvalue weighted by Crippen LogP contribution is -1.88. The molecule has 0 aromatic heterocycles. The average molecular weight is 204 g/mol. The van der Waals surface area contributed by atoms with Crippen molar-refractivity contribution in [3.63, 3.8) is 0 Å². The normalized spacial score (nSPS) is 10.5. The summed E-state index contributed by atoms with van der Waals surface area (Å²) in [6.45, 7) is 2.39. The summed E-state index contributed by atoms with van der Waals surface area (Å²) in [4.78, 5) is 11.3. The molecule has 3 heteroatoms. The molecular weight excluding hydrogens is 192 g/mol. The minimum absolute atomic E-state index is 0.0158. The Balaban J connectivity index is 2.23. The maximum absolute atomic E-state index is 11.3. The summed E-state index contributed by atoms with van der Waals surface area (Å²) in [5.74, 6) is 1.29. The van der Waals surface area contributed by atoms with Crippen molar-refractivity contribution in [2.24, 2.45) is 0 Å². The van der Waals surface area contributed by atoms with Crippen LogP contribution in [0, 0.1) is 0 Å². The summed E-state index contributed by atoms with van der Waals surface area (Å²) in [5.41, 5.74) is 1.60. The van der Waals surface area contributed by atoms with Crippen LogP contribution in [0.2, 0.25) is 0 Å². The van der Waals surface area contributed by atoms with Gasteiger partial charge in [0.25, 0.3) is 0 Å². The van der Waals surface area contributed by atoms with Gasteiger partial charge in [0.2, 0.25) is 5.43 Å². The van der Waals surface area contributed by atoms with Gasteiger partial charge in [0.1, 0.15) is 5.75 Å². The van der Waals surface area contributed by atoms with E-state index in [0.29, 0.717) is 17.9 Å². The number of ether oxygens (including phenoxy) is 2. The van der Waals surface area contributed by atoms with E-state index in [0.717, 1.165) is 11.3 Å². The smallest absolute Gasteiger partial charge is 0.232 e. The molecule has 0 spiro atoms. The molecule has 0 heterocycles. The Morgan fingerprint density at radius 1 is 1.20 bits per heavy atom. The van der Waals surface area contributed by atoms with Crippen LogP contribution in [0.25, 0.3) is 11.1 Å². The quantitative estimate of drug-likeness (QED) is 0.764. The Morgan fingerprint density at radius 3 is 2.40 bits per heavy atom. The van der Waals surface area contributed by atoms with Gasteiger partial charge in [-0.2, -0.15) is 0 Å². The molecule has 0 radical (unpaired) electrons. The molecule has 2 aromatic carbocycles. The average Bonchev–Trinajstić information content (AvgIpc) is 2.90. The van der Waals surface area contributed by atoms with Crippen LogP contribution in [-0.4, -0.2) is 13.7 Å². The molecule has 78 valence electrons. The Bertz CT molecular complexity index is 461. The number of benzene rings is 1. The minimum Gasteiger partial charge on any atom is -0.497 e. The summed E-state index contributed by atoms with van der Waals surface area (Å²) >= 11 is 0. The molecule has 3 nitrogen and oxygen atoms in total. The molecule has 0 aliphatic rings. The Morgan fingerprint density at radius 2 is 1.87 bits per heavy atom. The van der Waals surface area contributed by atoms with Crippen LogP contribution in [0.3, 0.4) is 0 Å². The number of hydrogen-bond acceptors (Lipinski definition) is 3. The Hall–Kier alpha value is -1.77. The first kappa shape index (κ1) is 9.77. The fraction of sp³-hybridized carbons (Fsp3) is 0.250. The summed E-state index contributed by atoms with van der Waals surface area (Å²) < 4.78 is 10.2. The van der Waals surface area contributed by atoms with Gasteiger partial charge in [-0.1, -0.05) is 12.1 Å². The van der Waals surface area contributed by atoms with Crippen molar-refractivity contribution in [1.29, 1.82) is 0 Å². The van der Waals surface area contributed by atoms with Crippen molar-refractivity contribution in [3.05, 3.63) is 34.5 Å². The summed E-state index contributed by atoms with van der Waals surface area (Å²) in [7, 11) is 1.61. The number of rotatable bonds is 4. The van der Waals surface area contributed by atoms with Gasteiger partial charge in [-0.05, 0) is 24.6 Å². The lowest BCUT2D eigenvalue weighted by atomic mass is 10.2. The third-order valence-electron chi connectivity index (χ3n) is 2.27. The first-order valence-corrected chi connectivity index (χ1v) is 4.84. The first-order chi connectivity index (χ1) is 7.27. The highest BCUT2D eigenvalue weighted by atomic mass is 16.5. The van der Waals surface area contributed by atoms with Crippen molar-refractivity contribution in [1.82, 2.24) is 0 Å². The zero-order valence-corrected chi connectivity index (χ0v) is 8.74. The highest BCUT2D eigenvalue weighted by Gasteiger charge is 2.25. The van der Waals surface area contributed by atoms with Crippen LogP contribution < -0.4 is 14.9 Å². The maximum Gasteiger partial charge on any atom is 0.232 e. The first-order valence-electron chi connectivity index (χ1n) is 4.84. The van der Waals surface area contributed by atoms with Gasteiger partial charge in [-0.15, -0.1) is 0 Å². The Labute approximate surface area is 87.9 Å². The largest absolute Gasteiger partial charge is 0.497 e. The fourth-order valence-corrected chi connectivity index (χ4v) is 1.46. The van der Waals surface area contributed by atoms with Crippen molar-refractivity contribution in [2.75, 3.05) is 13.7 Å². The van der Waals surface area contributed by atoms with Crippen molar-refractivity contribution >= 4 is 0 Å². The number of hydrogen-bond donors (Lipinski definition) is 0. The van der Waals surface area contributed by atoms with Gasteiger partial charge in [0.05, 0.1) is 19.3 Å². The van der Waals surface area contributed by atoms with E-state index in [4.69, 9.17) is 9.47 Å². The maximum atomic E-state index is 11.3. The molecule has 2 aromatic rings. The van der Waals surface area contributed by atoms with Gasteiger partial charge >= 0.3 is 0 Å². The van der Waals surface area contributed by atoms with Crippen LogP contribution in [0.5, 0.6) is 11.5 Å². The van der Waals surface area contributed by atoms with E-state index < -0.39 is 0 Å². The second-order valence-corrected chi connectivity index (χ2v) is 3.19. The van der Waals surface area contributed by atoms with E-state index in [1.165, 1.54) is 0 Å². The van der Waals surface area contributed by atoms with E-state index in [-0.39, 0.29) is 5.43 Å². The zero-order chi connectivity index (χ0) is 10.8. The predicted octanol–water partition coefficient (Wildman–Crippen LogP) is 2.00. The molecule has 0 unspecified atom stereocenters. The molecule has 0 aliphatic heterocycles. The van der Waals surface area contributed by atoms with Crippen LogP contribution >= 0.6 is 0 Å². The van der Waals surface area contributed by atoms with Gasteiger partial charge < -0.3 is 9.47 Å². The van der Waals surface area contributed by atoms with Gasteiger partial charge in [0.15, 0.2) is 5.75 Å². The van der Waals surface area contributed by atoms with Crippen molar-refractivity contribution in [2.45, 2.75) is 6.92 Å². The van der Waals surface area contributed by atoms with Crippen LogP contribution in [0.4, 0.5) is 0 Å². The van der Waals surface area contributed by atoms with E-state index >= 15 is 0 Å². The van der Waals surface area contributed by atoms with Gasteiger partial charge in [-0.3, -0.25) is 4.79 Å².